The van der Waals surface area contributed by atoms with E-state index in [-0.39, 0.29) is 6.04 Å². The smallest absolute Gasteiger partial charge is 0.272 e. The van der Waals surface area contributed by atoms with Crippen LogP contribution in [0.15, 0.2) is 51.3 Å². The third-order valence-electron chi connectivity index (χ3n) is 4.84. The topological polar surface area (TPSA) is 59.4 Å². The minimum atomic E-state index is -4.37. The van der Waals surface area contributed by atoms with E-state index in [0.29, 0.717) is 22.4 Å². The van der Waals surface area contributed by atoms with Gasteiger partial charge in [0, 0.05) is 14.6 Å². The van der Waals surface area contributed by atoms with Gasteiger partial charge in [-0.3, -0.25) is 9.83 Å². The van der Waals surface area contributed by atoms with E-state index >= 15 is 0 Å². The highest BCUT2D eigenvalue weighted by atomic mass is 32.2. The molecule has 1 aromatic carbocycles. The quantitative estimate of drug-likeness (QED) is 0.540. The molecule has 2 aromatic heterocycles. The molecule has 0 aliphatic carbocycles. The summed E-state index contributed by atoms with van der Waals surface area (Å²) < 4.78 is 38.6. The summed E-state index contributed by atoms with van der Waals surface area (Å²) in [4.78, 5) is 13.4. The molecule has 3 heterocycles. The van der Waals surface area contributed by atoms with Crippen LogP contribution >= 0.6 is 23.1 Å². The van der Waals surface area contributed by atoms with Crippen LogP contribution in [0.25, 0.3) is 0 Å². The van der Waals surface area contributed by atoms with Gasteiger partial charge in [-0.25, -0.2) is 5.48 Å². The maximum absolute atomic E-state index is 12.9. The van der Waals surface area contributed by atoms with Crippen molar-refractivity contribution in [3.8, 4) is 0 Å². The molecule has 0 bridgehead atoms. The lowest BCUT2D eigenvalue weighted by Gasteiger charge is -2.23. The molecule has 4 rings (SSSR count). The third kappa shape index (κ3) is 4.76. The number of nitrogens with one attached hydrogen (secondary N) is 1. The summed E-state index contributed by atoms with van der Waals surface area (Å²) in [6, 6.07) is 8.92. The molecule has 5 nitrogen and oxygen atoms in total. The van der Waals surface area contributed by atoms with Gasteiger partial charge in [0.2, 0.25) is 0 Å². The first-order valence-corrected chi connectivity index (χ1v) is 11.1. The van der Waals surface area contributed by atoms with Gasteiger partial charge in [-0.15, -0.1) is 16.4 Å². The summed E-state index contributed by atoms with van der Waals surface area (Å²) in [5.74, 6) is 0.534. The van der Waals surface area contributed by atoms with Crippen molar-refractivity contribution in [3.63, 3.8) is 0 Å². The Bertz CT molecular complexity index is 1130. The number of rotatable bonds is 4. The zero-order valence-corrected chi connectivity index (χ0v) is 18.6. The third-order valence-corrected chi connectivity index (χ3v) is 6.93. The Morgan fingerprint density at radius 1 is 1.06 bits per heavy atom. The molecule has 1 atom stereocenters. The van der Waals surface area contributed by atoms with Gasteiger partial charge in [0.1, 0.15) is 17.7 Å². The van der Waals surface area contributed by atoms with Gasteiger partial charge in [0.15, 0.2) is 5.84 Å². The van der Waals surface area contributed by atoms with Crippen molar-refractivity contribution >= 4 is 28.9 Å². The lowest BCUT2D eigenvalue weighted by Crippen LogP contribution is -2.33. The molecule has 162 valence electrons. The Morgan fingerprint density at radius 2 is 1.81 bits per heavy atom. The first-order chi connectivity index (χ1) is 14.7. The monoisotopic (exact) mass is 464 g/mol. The van der Waals surface area contributed by atoms with Crippen molar-refractivity contribution in [3.05, 3.63) is 68.5 Å². The Kier molecular flexibility index (Phi) is 6.05. The minimum Gasteiger partial charge on any atom is -0.272 e. The summed E-state index contributed by atoms with van der Waals surface area (Å²) in [6.45, 7) is 6.21. The van der Waals surface area contributed by atoms with E-state index in [0.717, 1.165) is 33.8 Å². The van der Waals surface area contributed by atoms with Crippen LogP contribution < -0.4 is 5.48 Å². The van der Waals surface area contributed by atoms with Gasteiger partial charge in [-0.05, 0) is 62.7 Å². The highest BCUT2D eigenvalue weighted by Crippen LogP contribution is 2.35. The fourth-order valence-corrected chi connectivity index (χ4v) is 4.89. The van der Waals surface area contributed by atoms with E-state index < -0.39 is 11.7 Å². The van der Waals surface area contributed by atoms with Crippen LogP contribution in [0.4, 0.5) is 13.2 Å². The van der Waals surface area contributed by atoms with Crippen LogP contribution in [0, 0.1) is 20.8 Å². The van der Waals surface area contributed by atoms with Gasteiger partial charge in [0.05, 0.1) is 16.8 Å². The van der Waals surface area contributed by atoms with Crippen molar-refractivity contribution in [2.75, 3.05) is 6.61 Å². The molecule has 0 saturated heterocycles. The lowest BCUT2D eigenvalue weighted by atomic mass is 10.1. The maximum atomic E-state index is 12.9. The largest absolute Gasteiger partial charge is 0.416 e. The molecule has 1 aliphatic heterocycles. The Morgan fingerprint density at radius 3 is 2.45 bits per heavy atom. The summed E-state index contributed by atoms with van der Waals surface area (Å²) in [7, 11) is 0. The van der Waals surface area contributed by atoms with Gasteiger partial charge in [0.25, 0.3) is 0 Å². The van der Waals surface area contributed by atoms with Crippen LogP contribution in [-0.4, -0.2) is 22.6 Å². The number of hydrogen-bond acceptors (Lipinski definition) is 7. The number of halogens is 3. The average Bonchev–Trinajstić information content (AvgIpc) is 3.17. The zero-order valence-electron chi connectivity index (χ0n) is 16.9. The number of thiophene rings is 1. The Hall–Kier alpha value is -2.43. The van der Waals surface area contributed by atoms with E-state index in [4.69, 9.17) is 9.83 Å². The Balaban J connectivity index is 1.69. The predicted molar refractivity (Wildman–Crippen MR) is 114 cm³/mol. The summed E-state index contributed by atoms with van der Waals surface area (Å²) in [6.07, 6.45) is -4.37. The van der Waals surface area contributed by atoms with E-state index in [1.807, 2.05) is 32.9 Å². The van der Waals surface area contributed by atoms with Crippen LogP contribution in [0.1, 0.15) is 38.2 Å². The van der Waals surface area contributed by atoms with E-state index in [1.165, 1.54) is 28.8 Å². The van der Waals surface area contributed by atoms with E-state index in [9.17, 15) is 13.2 Å². The van der Waals surface area contributed by atoms with Gasteiger partial charge < -0.3 is 0 Å². The normalized spacial score (nSPS) is 16.7. The molecular formula is C21H19F3N4OS2. The van der Waals surface area contributed by atoms with Crippen LogP contribution in [0.3, 0.4) is 0 Å². The van der Waals surface area contributed by atoms with Gasteiger partial charge in [-0.1, -0.05) is 11.8 Å². The number of benzene rings is 1. The van der Waals surface area contributed by atoms with E-state index in [2.05, 4.69) is 15.7 Å². The molecule has 0 amide bonds. The first-order valence-electron chi connectivity index (χ1n) is 9.43. The maximum Gasteiger partial charge on any atom is 0.416 e. The predicted octanol–water partition coefficient (Wildman–Crippen LogP) is 5.66. The lowest BCUT2D eigenvalue weighted by molar-refractivity contribution is -0.137. The van der Waals surface area contributed by atoms with Crippen LogP contribution in [0.2, 0.25) is 0 Å². The number of hydrogen-bond donors (Lipinski definition) is 1. The first kappa shape index (κ1) is 21.8. The van der Waals surface area contributed by atoms with Crippen LogP contribution in [0.5, 0.6) is 0 Å². The zero-order chi connectivity index (χ0) is 22.2. The number of hydroxylamine groups is 1. The number of aliphatic imine (C=N–C) groups is 1. The van der Waals surface area contributed by atoms with Crippen molar-refractivity contribution in [1.29, 1.82) is 0 Å². The summed E-state index contributed by atoms with van der Waals surface area (Å²) >= 11 is 2.91. The number of alkyl halides is 3. The average molecular weight is 465 g/mol. The molecule has 10 heteroatoms. The molecule has 0 radical (unpaired) electrons. The molecule has 0 fully saturated rings. The fraction of sp³-hybridized carbons (Fsp3) is 0.286. The Labute approximate surface area is 185 Å². The number of amidine groups is 1. The number of aryl methyl sites for hydroxylation is 2. The van der Waals surface area contributed by atoms with E-state index in [1.54, 1.807) is 11.3 Å². The SMILES string of the molecule is Cc1ccc([C@@H]2CONC(c3c(Sc4ccc(C(F)(F)F)cc4)nnc(C)c3C)=N2)s1. The molecular weight excluding hydrogens is 445 g/mol. The number of nitrogens with zero attached hydrogens (tertiary/aromatic N) is 3. The van der Waals surface area contributed by atoms with Crippen molar-refractivity contribution in [2.24, 2.45) is 4.99 Å². The highest BCUT2D eigenvalue weighted by molar-refractivity contribution is 7.99. The second-order valence-electron chi connectivity index (χ2n) is 7.07. The molecule has 31 heavy (non-hydrogen) atoms. The van der Waals surface area contributed by atoms with Crippen molar-refractivity contribution < 1.29 is 18.0 Å². The standard InChI is InChI=1S/C21H19F3N4OS2/c1-11-4-9-17(30-11)16-10-29-28-19(25-16)18-12(2)13(3)26-27-20(18)31-15-7-5-14(6-8-15)21(22,23)24/h4-9,16H,10H2,1-3H3,(H,25,28)/t16-/m0/s1. The molecule has 0 saturated carbocycles. The molecule has 0 spiro atoms. The molecule has 1 aliphatic rings. The highest BCUT2D eigenvalue weighted by Gasteiger charge is 2.30. The second-order valence-corrected chi connectivity index (χ2v) is 9.45. The fourth-order valence-electron chi connectivity index (χ4n) is 3.06. The molecule has 3 aromatic rings. The number of aromatic nitrogens is 2. The second kappa shape index (κ2) is 8.60. The minimum absolute atomic E-state index is 0.147. The van der Waals surface area contributed by atoms with Gasteiger partial charge >= 0.3 is 6.18 Å². The van der Waals surface area contributed by atoms with Crippen molar-refractivity contribution in [1.82, 2.24) is 15.7 Å². The summed E-state index contributed by atoms with van der Waals surface area (Å²) in [5, 5.41) is 9.04. The van der Waals surface area contributed by atoms with Crippen LogP contribution in [-0.2, 0) is 11.0 Å². The van der Waals surface area contributed by atoms with Gasteiger partial charge in [-0.2, -0.15) is 18.3 Å². The van der Waals surface area contributed by atoms with Crippen molar-refractivity contribution in [2.45, 2.75) is 42.9 Å². The summed E-state index contributed by atoms with van der Waals surface area (Å²) in [5.41, 5.74) is 4.55. The molecule has 0 unspecified atom stereocenters. The molecule has 1 N–H and O–H groups in total.